The predicted octanol–water partition coefficient (Wildman–Crippen LogP) is 7.66. The number of hydrogen-bond acceptors (Lipinski definition) is 1. The van der Waals surface area contributed by atoms with Crippen molar-refractivity contribution in [3.63, 3.8) is 0 Å². The lowest BCUT2D eigenvalue weighted by atomic mass is 9.73. The first-order valence-electron chi connectivity index (χ1n) is 10.2. The van der Waals surface area contributed by atoms with Crippen LogP contribution in [-0.4, -0.2) is 6.36 Å². The molecule has 0 saturated heterocycles. The van der Waals surface area contributed by atoms with E-state index in [-0.39, 0.29) is 5.92 Å². The Hall–Kier alpha value is -1.59. The molecule has 28 heavy (non-hydrogen) atoms. The molecular weight excluding hydrogens is 375 g/mol. The summed E-state index contributed by atoms with van der Waals surface area (Å²) in [4.78, 5) is 0. The molecule has 1 atom stereocenters. The van der Waals surface area contributed by atoms with Crippen LogP contribution in [0.5, 0.6) is 5.75 Å². The van der Waals surface area contributed by atoms with Crippen LogP contribution < -0.4 is 4.74 Å². The summed E-state index contributed by atoms with van der Waals surface area (Å²) in [5.74, 6) is -2.62. The van der Waals surface area contributed by atoms with E-state index in [1.807, 2.05) is 0 Å². The predicted molar refractivity (Wildman–Crippen MR) is 98.1 cm³/mol. The van der Waals surface area contributed by atoms with Crippen molar-refractivity contribution >= 4 is 0 Å². The standard InChI is InChI=1S/C22H27F5O/c1-2-3-14-4-6-15(7-5-14)16-8-10-17(11-9-16)18-12-19(23)21(20(24)13-18)28-22(25,26)27/h8,12-15,17H,2-7,9-11H2,1H3. The van der Waals surface area contributed by atoms with Crippen molar-refractivity contribution < 1.29 is 26.7 Å². The topological polar surface area (TPSA) is 9.23 Å². The summed E-state index contributed by atoms with van der Waals surface area (Å²) in [6.07, 6.45) is 6.91. The fourth-order valence-corrected chi connectivity index (χ4v) is 4.79. The molecule has 156 valence electrons. The fourth-order valence-electron chi connectivity index (χ4n) is 4.79. The molecule has 1 unspecified atom stereocenters. The zero-order valence-electron chi connectivity index (χ0n) is 16.1. The van der Waals surface area contributed by atoms with Gasteiger partial charge >= 0.3 is 6.36 Å². The lowest BCUT2D eigenvalue weighted by Crippen LogP contribution is -2.20. The smallest absolute Gasteiger partial charge is 0.399 e. The van der Waals surface area contributed by atoms with E-state index in [9.17, 15) is 22.0 Å². The normalized spacial score (nSPS) is 26.1. The monoisotopic (exact) mass is 402 g/mol. The van der Waals surface area contributed by atoms with E-state index in [0.29, 0.717) is 17.9 Å². The Kier molecular flexibility index (Phi) is 6.66. The van der Waals surface area contributed by atoms with Crippen molar-refractivity contribution in [3.05, 3.63) is 41.0 Å². The van der Waals surface area contributed by atoms with E-state index in [2.05, 4.69) is 17.7 Å². The average Bonchev–Trinajstić information content (AvgIpc) is 2.65. The molecule has 3 rings (SSSR count). The molecule has 0 aromatic heterocycles. The van der Waals surface area contributed by atoms with Crippen LogP contribution in [0, 0.1) is 23.5 Å². The number of alkyl halides is 3. The molecule has 0 bridgehead atoms. The first kappa shape index (κ1) is 21.1. The third kappa shape index (κ3) is 5.26. The van der Waals surface area contributed by atoms with Crippen LogP contribution in [0.2, 0.25) is 0 Å². The maximum absolute atomic E-state index is 14.0. The van der Waals surface area contributed by atoms with Gasteiger partial charge in [0, 0.05) is 0 Å². The highest BCUT2D eigenvalue weighted by Crippen LogP contribution is 2.42. The van der Waals surface area contributed by atoms with Gasteiger partial charge in [0.25, 0.3) is 0 Å². The molecule has 2 aliphatic carbocycles. The third-order valence-electron chi connectivity index (χ3n) is 6.22. The van der Waals surface area contributed by atoms with E-state index >= 15 is 0 Å². The van der Waals surface area contributed by atoms with Gasteiger partial charge in [0.05, 0.1) is 0 Å². The molecule has 0 aliphatic heterocycles. The lowest BCUT2D eigenvalue weighted by Gasteiger charge is -2.33. The Morgan fingerprint density at radius 1 is 0.964 bits per heavy atom. The van der Waals surface area contributed by atoms with Gasteiger partial charge in [0.1, 0.15) is 0 Å². The van der Waals surface area contributed by atoms with Gasteiger partial charge < -0.3 is 4.74 Å². The highest BCUT2D eigenvalue weighted by Gasteiger charge is 2.34. The van der Waals surface area contributed by atoms with Crippen LogP contribution in [0.25, 0.3) is 0 Å². The highest BCUT2D eigenvalue weighted by molar-refractivity contribution is 5.34. The van der Waals surface area contributed by atoms with Gasteiger partial charge in [-0.25, -0.2) is 8.78 Å². The summed E-state index contributed by atoms with van der Waals surface area (Å²) in [5, 5.41) is 0. The van der Waals surface area contributed by atoms with Crippen molar-refractivity contribution in [2.75, 3.05) is 0 Å². The van der Waals surface area contributed by atoms with Gasteiger partial charge in [-0.2, -0.15) is 0 Å². The molecule has 1 fully saturated rings. The van der Waals surface area contributed by atoms with Gasteiger partial charge in [-0.3, -0.25) is 0 Å². The number of hydrogen-bond donors (Lipinski definition) is 0. The van der Waals surface area contributed by atoms with Crippen LogP contribution in [0.15, 0.2) is 23.8 Å². The summed E-state index contributed by atoms with van der Waals surface area (Å²) in [5.41, 5.74) is 1.84. The maximum Gasteiger partial charge on any atom is 0.573 e. The zero-order valence-corrected chi connectivity index (χ0v) is 16.1. The van der Waals surface area contributed by atoms with Crippen molar-refractivity contribution in [2.45, 2.75) is 77.0 Å². The van der Waals surface area contributed by atoms with Gasteiger partial charge in [-0.15, -0.1) is 13.2 Å². The number of allylic oxidation sites excluding steroid dienone is 2. The molecule has 1 aromatic carbocycles. The van der Waals surface area contributed by atoms with Crippen LogP contribution in [0.3, 0.4) is 0 Å². The van der Waals surface area contributed by atoms with Crippen molar-refractivity contribution in [3.8, 4) is 5.75 Å². The van der Waals surface area contributed by atoms with E-state index < -0.39 is 23.7 Å². The van der Waals surface area contributed by atoms with Crippen LogP contribution in [0.1, 0.15) is 76.2 Å². The molecule has 0 spiro atoms. The summed E-state index contributed by atoms with van der Waals surface area (Å²) < 4.78 is 68.3. The minimum atomic E-state index is -5.12. The van der Waals surface area contributed by atoms with Crippen LogP contribution in [-0.2, 0) is 0 Å². The lowest BCUT2D eigenvalue weighted by molar-refractivity contribution is -0.276. The molecule has 0 radical (unpaired) electrons. The number of benzene rings is 1. The average molecular weight is 402 g/mol. The van der Waals surface area contributed by atoms with Gasteiger partial charge in [0.2, 0.25) is 5.75 Å². The number of rotatable bonds is 5. The zero-order chi connectivity index (χ0) is 20.3. The van der Waals surface area contributed by atoms with E-state index in [1.54, 1.807) is 0 Å². The van der Waals surface area contributed by atoms with E-state index in [4.69, 9.17) is 0 Å². The van der Waals surface area contributed by atoms with E-state index in [1.165, 1.54) is 44.1 Å². The Morgan fingerprint density at radius 3 is 2.11 bits per heavy atom. The first-order valence-corrected chi connectivity index (χ1v) is 10.2. The second-order valence-electron chi connectivity index (χ2n) is 8.12. The molecule has 0 amide bonds. The van der Waals surface area contributed by atoms with Gasteiger partial charge in [-0.05, 0) is 80.4 Å². The quantitative estimate of drug-likeness (QED) is 0.363. The molecule has 2 aliphatic rings. The third-order valence-corrected chi connectivity index (χ3v) is 6.22. The Balaban J connectivity index is 1.63. The summed E-state index contributed by atoms with van der Waals surface area (Å²) >= 11 is 0. The number of halogens is 5. The minimum absolute atomic E-state index is 0.0795. The SMILES string of the molecule is CCCC1CCC(C2=CCC(c3cc(F)c(OC(F)(F)F)c(F)c3)CC2)CC1. The van der Waals surface area contributed by atoms with Crippen LogP contribution in [0.4, 0.5) is 22.0 Å². The maximum atomic E-state index is 14.0. The summed E-state index contributed by atoms with van der Waals surface area (Å²) in [7, 11) is 0. The largest absolute Gasteiger partial charge is 0.573 e. The minimum Gasteiger partial charge on any atom is -0.399 e. The second kappa shape index (κ2) is 8.83. The Labute approximate surface area is 163 Å². The molecule has 1 nitrogen and oxygen atoms in total. The second-order valence-corrected chi connectivity index (χ2v) is 8.12. The van der Waals surface area contributed by atoms with Crippen LogP contribution >= 0.6 is 0 Å². The van der Waals surface area contributed by atoms with E-state index in [0.717, 1.165) is 30.9 Å². The molecule has 1 saturated carbocycles. The molecule has 6 heteroatoms. The van der Waals surface area contributed by atoms with Crippen molar-refractivity contribution in [1.29, 1.82) is 0 Å². The first-order chi connectivity index (χ1) is 13.3. The fraction of sp³-hybridized carbons (Fsp3) is 0.636. The molecule has 0 heterocycles. The van der Waals surface area contributed by atoms with Gasteiger partial charge in [0.15, 0.2) is 11.6 Å². The molecule has 1 aromatic rings. The Bertz CT molecular complexity index is 678. The van der Waals surface area contributed by atoms with Crippen molar-refractivity contribution in [2.24, 2.45) is 11.8 Å². The highest BCUT2D eigenvalue weighted by atomic mass is 19.4. The number of ether oxygens (including phenoxy) is 1. The summed E-state index contributed by atoms with van der Waals surface area (Å²) in [6.45, 7) is 2.23. The molecular formula is C22H27F5O. The van der Waals surface area contributed by atoms with Crippen molar-refractivity contribution in [1.82, 2.24) is 0 Å². The molecule has 0 N–H and O–H groups in total. The Morgan fingerprint density at radius 2 is 1.61 bits per heavy atom. The summed E-state index contributed by atoms with van der Waals surface area (Å²) in [6, 6.07) is 1.95. The van der Waals surface area contributed by atoms with Gasteiger partial charge in [-0.1, -0.05) is 31.4 Å².